The standard InChI is InChI=1S/C20H26N2O3.ClH/c1-24-18-8-10-19(11-9-18)25-15-12-20(23)22(14-5-13-21)16-17-6-3-2-4-7-17;/h2-4,6-11H,5,12-16,21H2,1H3;1H. The molecule has 0 atom stereocenters. The third kappa shape index (κ3) is 7.33. The predicted molar refractivity (Wildman–Crippen MR) is 106 cm³/mol. The molecule has 26 heavy (non-hydrogen) atoms. The molecule has 2 N–H and O–H groups in total. The summed E-state index contributed by atoms with van der Waals surface area (Å²) in [4.78, 5) is 14.4. The number of hydrogen-bond acceptors (Lipinski definition) is 4. The van der Waals surface area contributed by atoms with E-state index in [0.29, 0.717) is 32.7 Å². The average Bonchev–Trinajstić information content (AvgIpc) is 2.66. The normalized spacial score (nSPS) is 9.92. The van der Waals surface area contributed by atoms with E-state index < -0.39 is 0 Å². The zero-order chi connectivity index (χ0) is 17.9. The summed E-state index contributed by atoms with van der Waals surface area (Å²) in [6.07, 6.45) is 1.13. The molecule has 6 heteroatoms. The van der Waals surface area contributed by atoms with Gasteiger partial charge in [0.15, 0.2) is 0 Å². The van der Waals surface area contributed by atoms with Gasteiger partial charge in [-0.25, -0.2) is 0 Å². The number of amides is 1. The van der Waals surface area contributed by atoms with Gasteiger partial charge in [0, 0.05) is 13.1 Å². The maximum atomic E-state index is 12.5. The summed E-state index contributed by atoms with van der Waals surface area (Å²) in [5.41, 5.74) is 6.71. The average molecular weight is 379 g/mol. The number of nitrogens with zero attached hydrogens (tertiary/aromatic N) is 1. The lowest BCUT2D eigenvalue weighted by molar-refractivity contribution is -0.132. The topological polar surface area (TPSA) is 64.8 Å². The van der Waals surface area contributed by atoms with E-state index in [9.17, 15) is 4.79 Å². The van der Waals surface area contributed by atoms with Gasteiger partial charge in [0.05, 0.1) is 20.1 Å². The molecule has 2 rings (SSSR count). The fourth-order valence-corrected chi connectivity index (χ4v) is 2.46. The molecule has 1 amide bonds. The van der Waals surface area contributed by atoms with E-state index in [4.69, 9.17) is 15.2 Å². The van der Waals surface area contributed by atoms with Crippen LogP contribution in [0.5, 0.6) is 11.5 Å². The van der Waals surface area contributed by atoms with Gasteiger partial charge in [-0.05, 0) is 42.8 Å². The number of nitrogens with two attached hydrogens (primary N) is 1. The third-order valence-corrected chi connectivity index (χ3v) is 3.85. The highest BCUT2D eigenvalue weighted by Gasteiger charge is 2.13. The number of halogens is 1. The Balaban J connectivity index is 0.00000338. The van der Waals surface area contributed by atoms with Crippen LogP contribution in [0.3, 0.4) is 0 Å². The third-order valence-electron chi connectivity index (χ3n) is 3.85. The van der Waals surface area contributed by atoms with Gasteiger partial charge in [0.25, 0.3) is 0 Å². The van der Waals surface area contributed by atoms with E-state index in [1.807, 2.05) is 59.5 Å². The highest BCUT2D eigenvalue weighted by Crippen LogP contribution is 2.17. The quantitative estimate of drug-likeness (QED) is 0.689. The molecule has 0 aliphatic rings. The Kier molecular flexibility index (Phi) is 10.2. The van der Waals surface area contributed by atoms with Gasteiger partial charge >= 0.3 is 0 Å². The summed E-state index contributed by atoms with van der Waals surface area (Å²) in [6.45, 7) is 2.18. The molecule has 0 aliphatic carbocycles. The summed E-state index contributed by atoms with van der Waals surface area (Å²) >= 11 is 0. The number of carbonyl (C=O) groups excluding carboxylic acids is 1. The van der Waals surface area contributed by atoms with Crippen molar-refractivity contribution in [3.05, 3.63) is 60.2 Å². The molecule has 0 saturated carbocycles. The molecule has 0 fully saturated rings. The Morgan fingerprint density at radius 3 is 2.31 bits per heavy atom. The Morgan fingerprint density at radius 1 is 1.04 bits per heavy atom. The van der Waals surface area contributed by atoms with Gasteiger partial charge < -0.3 is 20.1 Å². The highest BCUT2D eigenvalue weighted by molar-refractivity contribution is 5.85. The molecule has 0 aliphatic heterocycles. The van der Waals surface area contributed by atoms with E-state index in [1.54, 1.807) is 7.11 Å². The van der Waals surface area contributed by atoms with Crippen LogP contribution in [0.25, 0.3) is 0 Å². The van der Waals surface area contributed by atoms with Crippen molar-refractivity contribution in [2.75, 3.05) is 26.8 Å². The van der Waals surface area contributed by atoms with E-state index in [0.717, 1.165) is 23.5 Å². The first-order valence-corrected chi connectivity index (χ1v) is 8.51. The molecule has 0 bridgehead atoms. The summed E-state index contributed by atoms with van der Waals surface area (Å²) < 4.78 is 10.8. The second kappa shape index (κ2) is 12.2. The van der Waals surface area contributed by atoms with E-state index >= 15 is 0 Å². The first kappa shape index (κ1) is 21.8. The largest absolute Gasteiger partial charge is 0.497 e. The SMILES string of the molecule is COc1ccc(OCCC(=O)N(CCCN)Cc2ccccc2)cc1.Cl. The Hall–Kier alpha value is -2.24. The number of hydrogen-bond donors (Lipinski definition) is 1. The second-order valence-corrected chi connectivity index (χ2v) is 5.72. The Morgan fingerprint density at radius 2 is 1.69 bits per heavy atom. The highest BCUT2D eigenvalue weighted by atomic mass is 35.5. The lowest BCUT2D eigenvalue weighted by Gasteiger charge is -2.23. The maximum Gasteiger partial charge on any atom is 0.226 e. The summed E-state index contributed by atoms with van der Waals surface area (Å²) in [7, 11) is 1.62. The van der Waals surface area contributed by atoms with Crippen LogP contribution in [-0.4, -0.2) is 37.6 Å². The maximum absolute atomic E-state index is 12.5. The smallest absolute Gasteiger partial charge is 0.226 e. The van der Waals surface area contributed by atoms with Crippen LogP contribution in [-0.2, 0) is 11.3 Å². The van der Waals surface area contributed by atoms with Crippen molar-refractivity contribution in [2.45, 2.75) is 19.4 Å². The minimum absolute atomic E-state index is 0. The molecule has 0 radical (unpaired) electrons. The van der Waals surface area contributed by atoms with Crippen LogP contribution in [0.1, 0.15) is 18.4 Å². The van der Waals surface area contributed by atoms with Crippen molar-refractivity contribution in [3.8, 4) is 11.5 Å². The number of carbonyl (C=O) groups is 1. The van der Waals surface area contributed by atoms with Crippen molar-refractivity contribution in [1.29, 1.82) is 0 Å². The second-order valence-electron chi connectivity index (χ2n) is 5.72. The molecule has 0 saturated heterocycles. The molecule has 0 spiro atoms. The molecule has 0 unspecified atom stereocenters. The van der Waals surface area contributed by atoms with Crippen LogP contribution in [0.15, 0.2) is 54.6 Å². The van der Waals surface area contributed by atoms with Crippen LogP contribution < -0.4 is 15.2 Å². The molecule has 0 aromatic heterocycles. The van der Waals surface area contributed by atoms with Crippen molar-refractivity contribution in [1.82, 2.24) is 4.90 Å². The zero-order valence-electron chi connectivity index (χ0n) is 15.1. The van der Waals surface area contributed by atoms with E-state index in [2.05, 4.69) is 0 Å². The van der Waals surface area contributed by atoms with Crippen molar-refractivity contribution in [2.24, 2.45) is 5.73 Å². The minimum Gasteiger partial charge on any atom is -0.497 e. The van der Waals surface area contributed by atoms with Gasteiger partial charge in [-0.3, -0.25) is 4.79 Å². The van der Waals surface area contributed by atoms with Gasteiger partial charge in [0.1, 0.15) is 11.5 Å². The van der Waals surface area contributed by atoms with Gasteiger partial charge in [0.2, 0.25) is 5.91 Å². The van der Waals surface area contributed by atoms with E-state index in [1.165, 1.54) is 0 Å². The van der Waals surface area contributed by atoms with Crippen LogP contribution in [0.2, 0.25) is 0 Å². The molecule has 2 aromatic carbocycles. The fourth-order valence-electron chi connectivity index (χ4n) is 2.46. The lowest BCUT2D eigenvalue weighted by atomic mass is 10.2. The number of methoxy groups -OCH3 is 1. The number of rotatable bonds is 10. The fraction of sp³-hybridized carbons (Fsp3) is 0.350. The summed E-state index contributed by atoms with van der Waals surface area (Å²) in [6, 6.07) is 17.3. The molecule has 5 nitrogen and oxygen atoms in total. The zero-order valence-corrected chi connectivity index (χ0v) is 15.9. The molecule has 142 valence electrons. The van der Waals surface area contributed by atoms with Gasteiger partial charge in [-0.15, -0.1) is 12.4 Å². The first-order chi connectivity index (χ1) is 12.2. The summed E-state index contributed by atoms with van der Waals surface area (Å²) in [5, 5.41) is 0. The molecular weight excluding hydrogens is 352 g/mol. The van der Waals surface area contributed by atoms with Crippen molar-refractivity contribution in [3.63, 3.8) is 0 Å². The van der Waals surface area contributed by atoms with Gasteiger partial charge in [-0.2, -0.15) is 0 Å². The van der Waals surface area contributed by atoms with E-state index in [-0.39, 0.29) is 18.3 Å². The Labute approximate surface area is 161 Å². The lowest BCUT2D eigenvalue weighted by Crippen LogP contribution is -2.33. The van der Waals surface area contributed by atoms with Crippen LogP contribution in [0, 0.1) is 0 Å². The number of ether oxygens (including phenoxy) is 2. The Bertz CT molecular complexity index is 635. The van der Waals surface area contributed by atoms with Crippen LogP contribution >= 0.6 is 12.4 Å². The van der Waals surface area contributed by atoms with Crippen molar-refractivity contribution >= 4 is 18.3 Å². The predicted octanol–water partition coefficient (Wildman–Crippen LogP) is 3.26. The molecule has 0 heterocycles. The first-order valence-electron chi connectivity index (χ1n) is 8.51. The van der Waals surface area contributed by atoms with Crippen LogP contribution in [0.4, 0.5) is 0 Å². The molecular formula is C20H27ClN2O3. The van der Waals surface area contributed by atoms with Gasteiger partial charge in [-0.1, -0.05) is 30.3 Å². The van der Waals surface area contributed by atoms with Crippen molar-refractivity contribution < 1.29 is 14.3 Å². The number of benzene rings is 2. The molecule has 2 aromatic rings. The summed E-state index contributed by atoms with van der Waals surface area (Å²) in [5.74, 6) is 1.58. The monoisotopic (exact) mass is 378 g/mol. The minimum atomic E-state index is 0.